The standard InChI is InChI=1S/C15H14N2S2/c16-15(17)14-8-12-4-3-10(7-13(12)19-14)1-2-11-5-6-18-9-11/h3-9H,1-2H2,(H3,16,17). The average Bonchev–Trinajstić information content (AvgIpc) is 3.04. The molecule has 2 nitrogen and oxygen atoms in total. The summed E-state index contributed by atoms with van der Waals surface area (Å²) < 4.78 is 1.22. The molecule has 19 heavy (non-hydrogen) atoms. The SMILES string of the molecule is N=C(N)c1cc2ccc(CCc3ccsc3)cc2s1. The van der Waals surface area contributed by atoms with Gasteiger partial charge in [0, 0.05) is 4.70 Å². The van der Waals surface area contributed by atoms with Gasteiger partial charge in [-0.25, -0.2) is 0 Å². The molecular weight excluding hydrogens is 272 g/mol. The first-order valence-corrected chi connectivity index (χ1v) is 7.86. The average molecular weight is 286 g/mol. The topological polar surface area (TPSA) is 49.9 Å². The fourth-order valence-corrected chi connectivity index (χ4v) is 3.78. The van der Waals surface area contributed by atoms with Crippen molar-refractivity contribution in [2.45, 2.75) is 12.8 Å². The highest BCUT2D eigenvalue weighted by Gasteiger charge is 2.05. The lowest BCUT2D eigenvalue weighted by atomic mass is 10.1. The Bertz CT molecular complexity index is 711. The molecule has 0 atom stereocenters. The van der Waals surface area contributed by atoms with Gasteiger partial charge in [0.05, 0.1) is 4.88 Å². The Hall–Kier alpha value is -1.65. The normalized spacial score (nSPS) is 10.9. The molecule has 96 valence electrons. The summed E-state index contributed by atoms with van der Waals surface area (Å²) >= 11 is 3.34. The van der Waals surface area contributed by atoms with Crippen LogP contribution in [0, 0.1) is 5.41 Å². The number of thiophene rings is 2. The van der Waals surface area contributed by atoms with Gasteiger partial charge in [0.25, 0.3) is 0 Å². The Morgan fingerprint density at radius 3 is 2.68 bits per heavy atom. The van der Waals surface area contributed by atoms with Crippen LogP contribution in [0.25, 0.3) is 10.1 Å². The number of aryl methyl sites for hydroxylation is 2. The number of fused-ring (bicyclic) bond motifs is 1. The van der Waals surface area contributed by atoms with Crippen molar-refractivity contribution in [3.8, 4) is 0 Å². The summed E-state index contributed by atoms with van der Waals surface area (Å²) in [5.41, 5.74) is 8.28. The van der Waals surface area contributed by atoms with Gasteiger partial charge in [-0.05, 0) is 58.3 Å². The molecule has 0 fully saturated rings. The zero-order valence-electron chi connectivity index (χ0n) is 10.3. The number of nitrogens with one attached hydrogen (secondary N) is 1. The molecule has 3 rings (SSSR count). The van der Waals surface area contributed by atoms with Gasteiger partial charge in [-0.1, -0.05) is 12.1 Å². The van der Waals surface area contributed by atoms with Gasteiger partial charge in [0.1, 0.15) is 5.84 Å². The minimum absolute atomic E-state index is 0.154. The highest BCUT2D eigenvalue weighted by molar-refractivity contribution is 7.20. The Kier molecular flexibility index (Phi) is 3.36. The largest absolute Gasteiger partial charge is 0.383 e. The number of benzene rings is 1. The van der Waals surface area contributed by atoms with Gasteiger partial charge in [0.2, 0.25) is 0 Å². The van der Waals surface area contributed by atoms with E-state index in [1.165, 1.54) is 21.2 Å². The van der Waals surface area contributed by atoms with Crippen LogP contribution in [-0.4, -0.2) is 5.84 Å². The van der Waals surface area contributed by atoms with Gasteiger partial charge < -0.3 is 5.73 Å². The second-order valence-corrected chi connectivity index (χ2v) is 6.39. The van der Waals surface area contributed by atoms with Crippen molar-refractivity contribution in [1.29, 1.82) is 5.41 Å². The predicted molar refractivity (Wildman–Crippen MR) is 84.6 cm³/mol. The fourth-order valence-electron chi connectivity index (χ4n) is 2.09. The van der Waals surface area contributed by atoms with Crippen molar-refractivity contribution in [3.05, 3.63) is 57.1 Å². The molecule has 0 radical (unpaired) electrons. The summed E-state index contributed by atoms with van der Waals surface area (Å²) in [5, 5.41) is 13.0. The molecule has 4 heteroatoms. The molecule has 2 heterocycles. The molecule has 3 N–H and O–H groups in total. The zero-order chi connectivity index (χ0) is 13.2. The van der Waals surface area contributed by atoms with Crippen LogP contribution in [0.5, 0.6) is 0 Å². The van der Waals surface area contributed by atoms with Gasteiger partial charge in [-0.3, -0.25) is 5.41 Å². The molecule has 0 saturated heterocycles. The van der Waals surface area contributed by atoms with E-state index in [9.17, 15) is 0 Å². The third kappa shape index (κ3) is 2.69. The molecule has 0 aliphatic rings. The van der Waals surface area contributed by atoms with Crippen LogP contribution in [0.15, 0.2) is 41.1 Å². The van der Waals surface area contributed by atoms with Crippen LogP contribution in [0.2, 0.25) is 0 Å². The third-order valence-corrected chi connectivity index (χ3v) is 5.00. The fraction of sp³-hybridized carbons (Fsp3) is 0.133. The lowest BCUT2D eigenvalue weighted by molar-refractivity contribution is 0.968. The van der Waals surface area contributed by atoms with E-state index in [0.717, 1.165) is 17.7 Å². The van der Waals surface area contributed by atoms with Crippen LogP contribution < -0.4 is 5.73 Å². The third-order valence-electron chi connectivity index (χ3n) is 3.13. The Morgan fingerprint density at radius 1 is 1.11 bits per heavy atom. The van der Waals surface area contributed by atoms with E-state index in [4.69, 9.17) is 11.1 Å². The quantitative estimate of drug-likeness (QED) is 0.552. The molecule has 0 amide bonds. The van der Waals surface area contributed by atoms with Crippen LogP contribution in [-0.2, 0) is 12.8 Å². The van der Waals surface area contributed by atoms with Crippen LogP contribution in [0.4, 0.5) is 0 Å². The lowest BCUT2D eigenvalue weighted by Crippen LogP contribution is -2.08. The van der Waals surface area contributed by atoms with Crippen molar-refractivity contribution in [3.63, 3.8) is 0 Å². The molecule has 0 spiro atoms. The summed E-state index contributed by atoms with van der Waals surface area (Å²) in [4.78, 5) is 0.852. The molecule has 0 aliphatic carbocycles. The molecule has 1 aromatic carbocycles. The second-order valence-electron chi connectivity index (χ2n) is 4.53. The summed E-state index contributed by atoms with van der Waals surface area (Å²) in [6.45, 7) is 0. The number of rotatable bonds is 4. The van der Waals surface area contributed by atoms with Crippen LogP contribution in [0.3, 0.4) is 0 Å². The summed E-state index contributed by atoms with van der Waals surface area (Å²) in [6, 6.07) is 10.7. The first kappa shape index (κ1) is 12.4. The Morgan fingerprint density at radius 2 is 1.95 bits per heavy atom. The van der Waals surface area contributed by atoms with Crippen LogP contribution in [0.1, 0.15) is 16.0 Å². The van der Waals surface area contributed by atoms with Gasteiger partial charge in [0.15, 0.2) is 0 Å². The highest BCUT2D eigenvalue weighted by atomic mass is 32.1. The molecule has 0 unspecified atom stereocenters. The molecule has 0 saturated carbocycles. The zero-order valence-corrected chi connectivity index (χ0v) is 12.0. The van der Waals surface area contributed by atoms with Crippen molar-refractivity contribution in [2.75, 3.05) is 0 Å². The van der Waals surface area contributed by atoms with E-state index in [1.807, 2.05) is 6.07 Å². The first-order valence-electron chi connectivity index (χ1n) is 6.10. The summed E-state index contributed by atoms with van der Waals surface area (Å²) in [7, 11) is 0. The maximum absolute atomic E-state index is 7.49. The number of amidine groups is 1. The first-order chi connectivity index (χ1) is 9.22. The van der Waals surface area contributed by atoms with Crippen molar-refractivity contribution >= 4 is 38.6 Å². The molecule has 2 aromatic heterocycles. The lowest BCUT2D eigenvalue weighted by Gasteiger charge is -2.00. The monoisotopic (exact) mass is 286 g/mol. The predicted octanol–water partition coefficient (Wildman–Crippen LogP) is 4.03. The number of nitrogens with two attached hydrogens (primary N) is 1. The highest BCUT2D eigenvalue weighted by Crippen LogP contribution is 2.26. The molecular formula is C15H14N2S2. The van der Waals surface area contributed by atoms with Gasteiger partial charge in [-0.2, -0.15) is 11.3 Å². The molecule has 0 bridgehead atoms. The maximum atomic E-state index is 7.49. The minimum atomic E-state index is 0.154. The van der Waals surface area contributed by atoms with E-state index in [0.29, 0.717) is 0 Å². The van der Waals surface area contributed by atoms with E-state index in [1.54, 1.807) is 22.7 Å². The number of hydrogen-bond donors (Lipinski definition) is 2. The minimum Gasteiger partial charge on any atom is -0.383 e. The number of hydrogen-bond acceptors (Lipinski definition) is 3. The van der Waals surface area contributed by atoms with Crippen molar-refractivity contribution in [2.24, 2.45) is 5.73 Å². The smallest absolute Gasteiger partial charge is 0.133 e. The van der Waals surface area contributed by atoms with Gasteiger partial charge in [-0.15, -0.1) is 11.3 Å². The van der Waals surface area contributed by atoms with E-state index in [-0.39, 0.29) is 5.84 Å². The number of nitrogen functional groups attached to an aromatic ring is 1. The Labute approximate surface area is 120 Å². The maximum Gasteiger partial charge on any atom is 0.133 e. The van der Waals surface area contributed by atoms with E-state index < -0.39 is 0 Å². The van der Waals surface area contributed by atoms with E-state index >= 15 is 0 Å². The second kappa shape index (κ2) is 5.15. The summed E-state index contributed by atoms with van der Waals surface area (Å²) in [5.74, 6) is 0.154. The van der Waals surface area contributed by atoms with Crippen molar-refractivity contribution < 1.29 is 0 Å². The summed E-state index contributed by atoms with van der Waals surface area (Å²) in [6.07, 6.45) is 2.14. The van der Waals surface area contributed by atoms with Crippen LogP contribution >= 0.6 is 22.7 Å². The Balaban J connectivity index is 1.82. The molecule has 0 aliphatic heterocycles. The molecule has 3 aromatic rings. The van der Waals surface area contributed by atoms with E-state index in [2.05, 4.69) is 35.0 Å². The van der Waals surface area contributed by atoms with Gasteiger partial charge >= 0.3 is 0 Å². The van der Waals surface area contributed by atoms with Crippen molar-refractivity contribution in [1.82, 2.24) is 0 Å².